The second-order valence-electron chi connectivity index (χ2n) is 3.37. The minimum absolute atomic E-state index is 0.0241. The van der Waals surface area contributed by atoms with Crippen molar-refractivity contribution in [2.45, 2.75) is 19.8 Å². The van der Waals surface area contributed by atoms with Gasteiger partial charge in [0.2, 0.25) is 5.91 Å². The van der Waals surface area contributed by atoms with Gasteiger partial charge in [0.05, 0.1) is 6.42 Å². The number of hydrogen-bond donors (Lipinski definition) is 1. The predicted octanol–water partition coefficient (Wildman–Crippen LogP) is 1.50. The lowest BCUT2D eigenvalue weighted by Gasteiger charge is -2.04. The molecule has 1 amide bonds. The standard InChI is InChI=1S/C11H11NO3/c1-2-11(14)15-8-3-4-9-7(5-8)6-10(13)12-9/h3-5H,2,6H2,1H3,(H,12,13). The van der Waals surface area contributed by atoms with E-state index in [1.165, 1.54) is 0 Å². The van der Waals surface area contributed by atoms with Crippen molar-refractivity contribution in [2.75, 3.05) is 5.32 Å². The van der Waals surface area contributed by atoms with Crippen LogP contribution in [-0.2, 0) is 16.0 Å². The van der Waals surface area contributed by atoms with E-state index in [0.717, 1.165) is 11.3 Å². The summed E-state index contributed by atoms with van der Waals surface area (Å²) >= 11 is 0. The average Bonchev–Trinajstić information content (AvgIpc) is 2.57. The minimum Gasteiger partial charge on any atom is -0.427 e. The molecule has 4 nitrogen and oxygen atoms in total. The van der Waals surface area contributed by atoms with Crippen LogP contribution >= 0.6 is 0 Å². The van der Waals surface area contributed by atoms with Crippen LogP contribution in [0.3, 0.4) is 0 Å². The Morgan fingerprint density at radius 3 is 3.07 bits per heavy atom. The molecular formula is C11H11NO3. The third-order valence-corrected chi connectivity index (χ3v) is 2.22. The zero-order valence-corrected chi connectivity index (χ0v) is 8.37. The molecule has 0 fully saturated rings. The van der Waals surface area contributed by atoms with Crippen molar-refractivity contribution in [2.24, 2.45) is 0 Å². The Bertz CT molecular complexity index is 426. The summed E-state index contributed by atoms with van der Waals surface area (Å²) in [5.74, 6) is 0.202. The number of nitrogens with one attached hydrogen (secondary N) is 1. The van der Waals surface area contributed by atoms with Gasteiger partial charge in [0.1, 0.15) is 5.75 Å². The smallest absolute Gasteiger partial charge is 0.310 e. The van der Waals surface area contributed by atoms with Gasteiger partial charge in [-0.05, 0) is 23.8 Å². The zero-order valence-electron chi connectivity index (χ0n) is 8.37. The number of benzene rings is 1. The molecule has 1 N–H and O–H groups in total. The van der Waals surface area contributed by atoms with Crippen LogP contribution in [0.2, 0.25) is 0 Å². The summed E-state index contributed by atoms with van der Waals surface area (Å²) in [4.78, 5) is 22.1. The first-order valence-electron chi connectivity index (χ1n) is 4.82. The molecule has 15 heavy (non-hydrogen) atoms. The molecule has 1 aliphatic rings. The van der Waals surface area contributed by atoms with E-state index in [4.69, 9.17) is 4.74 Å². The highest BCUT2D eigenvalue weighted by Crippen LogP contribution is 2.27. The molecule has 0 radical (unpaired) electrons. The molecule has 0 aliphatic carbocycles. The third-order valence-electron chi connectivity index (χ3n) is 2.22. The van der Waals surface area contributed by atoms with Crippen molar-refractivity contribution >= 4 is 17.6 Å². The fourth-order valence-corrected chi connectivity index (χ4v) is 1.47. The Balaban J connectivity index is 2.20. The van der Waals surface area contributed by atoms with E-state index in [1.54, 1.807) is 25.1 Å². The number of hydrogen-bond acceptors (Lipinski definition) is 3. The largest absolute Gasteiger partial charge is 0.427 e. The first kappa shape index (κ1) is 9.71. The molecule has 78 valence electrons. The number of carbonyl (C=O) groups is 2. The molecule has 1 heterocycles. The van der Waals surface area contributed by atoms with E-state index in [2.05, 4.69) is 5.32 Å². The van der Waals surface area contributed by atoms with Gasteiger partial charge in [-0.1, -0.05) is 6.92 Å². The number of fused-ring (bicyclic) bond motifs is 1. The van der Waals surface area contributed by atoms with Crippen molar-refractivity contribution in [3.63, 3.8) is 0 Å². The van der Waals surface area contributed by atoms with Gasteiger partial charge in [-0.15, -0.1) is 0 Å². The average molecular weight is 205 g/mol. The maximum atomic E-state index is 11.1. The number of amides is 1. The second kappa shape index (κ2) is 3.73. The van der Waals surface area contributed by atoms with Crippen LogP contribution in [0.4, 0.5) is 5.69 Å². The zero-order chi connectivity index (χ0) is 10.8. The van der Waals surface area contributed by atoms with Gasteiger partial charge in [0.25, 0.3) is 0 Å². The van der Waals surface area contributed by atoms with Gasteiger partial charge in [0.15, 0.2) is 0 Å². The van der Waals surface area contributed by atoms with Crippen molar-refractivity contribution in [1.82, 2.24) is 0 Å². The number of ether oxygens (including phenoxy) is 1. The Morgan fingerprint density at radius 1 is 1.53 bits per heavy atom. The van der Waals surface area contributed by atoms with E-state index in [-0.39, 0.29) is 11.9 Å². The summed E-state index contributed by atoms with van der Waals surface area (Å²) in [6.07, 6.45) is 0.696. The first-order chi connectivity index (χ1) is 7.19. The van der Waals surface area contributed by atoms with Crippen LogP contribution in [0, 0.1) is 0 Å². The van der Waals surface area contributed by atoms with Gasteiger partial charge in [-0.3, -0.25) is 9.59 Å². The lowest BCUT2D eigenvalue weighted by atomic mass is 10.1. The van der Waals surface area contributed by atoms with Crippen molar-refractivity contribution in [3.05, 3.63) is 23.8 Å². The fourth-order valence-electron chi connectivity index (χ4n) is 1.47. The Morgan fingerprint density at radius 2 is 2.33 bits per heavy atom. The molecule has 1 aromatic carbocycles. The van der Waals surface area contributed by atoms with Gasteiger partial charge in [-0.25, -0.2) is 0 Å². The van der Waals surface area contributed by atoms with Crippen LogP contribution in [-0.4, -0.2) is 11.9 Å². The number of carbonyl (C=O) groups excluding carboxylic acids is 2. The Hall–Kier alpha value is -1.84. The van der Waals surface area contributed by atoms with Crippen LogP contribution < -0.4 is 10.1 Å². The molecule has 0 bridgehead atoms. The van der Waals surface area contributed by atoms with Crippen molar-refractivity contribution in [1.29, 1.82) is 0 Å². The maximum Gasteiger partial charge on any atom is 0.310 e. The molecule has 0 aromatic heterocycles. The lowest BCUT2D eigenvalue weighted by molar-refractivity contribution is -0.134. The highest BCUT2D eigenvalue weighted by atomic mass is 16.5. The first-order valence-corrected chi connectivity index (χ1v) is 4.82. The minimum atomic E-state index is -0.271. The van der Waals surface area contributed by atoms with E-state index in [1.807, 2.05) is 0 Å². The fraction of sp³-hybridized carbons (Fsp3) is 0.273. The van der Waals surface area contributed by atoms with Crippen LogP contribution in [0.5, 0.6) is 5.75 Å². The van der Waals surface area contributed by atoms with E-state index < -0.39 is 0 Å². The van der Waals surface area contributed by atoms with Crippen LogP contribution in [0.1, 0.15) is 18.9 Å². The summed E-state index contributed by atoms with van der Waals surface area (Å²) in [6, 6.07) is 5.15. The van der Waals surface area contributed by atoms with Crippen molar-refractivity contribution < 1.29 is 14.3 Å². The molecular weight excluding hydrogens is 194 g/mol. The van der Waals surface area contributed by atoms with Gasteiger partial charge >= 0.3 is 5.97 Å². The summed E-state index contributed by atoms with van der Waals surface area (Å²) in [6.45, 7) is 1.74. The summed E-state index contributed by atoms with van der Waals surface area (Å²) < 4.78 is 5.05. The highest BCUT2D eigenvalue weighted by molar-refractivity contribution is 5.99. The quantitative estimate of drug-likeness (QED) is 0.588. The van der Waals surface area contributed by atoms with E-state index in [0.29, 0.717) is 18.6 Å². The molecule has 0 unspecified atom stereocenters. The maximum absolute atomic E-state index is 11.1. The lowest BCUT2D eigenvalue weighted by Crippen LogP contribution is -2.05. The summed E-state index contributed by atoms with van der Waals surface area (Å²) in [7, 11) is 0. The number of esters is 1. The Labute approximate surface area is 87.2 Å². The molecule has 1 aromatic rings. The van der Waals surface area contributed by atoms with Crippen LogP contribution in [0.25, 0.3) is 0 Å². The van der Waals surface area contributed by atoms with Gasteiger partial charge in [0, 0.05) is 12.1 Å². The topological polar surface area (TPSA) is 55.4 Å². The molecule has 0 saturated heterocycles. The molecule has 0 atom stereocenters. The highest BCUT2D eigenvalue weighted by Gasteiger charge is 2.18. The van der Waals surface area contributed by atoms with E-state index >= 15 is 0 Å². The predicted molar refractivity (Wildman–Crippen MR) is 54.7 cm³/mol. The number of rotatable bonds is 2. The molecule has 2 rings (SSSR count). The number of anilines is 1. The summed E-state index contributed by atoms with van der Waals surface area (Å²) in [5, 5.41) is 2.71. The van der Waals surface area contributed by atoms with Gasteiger partial charge in [-0.2, -0.15) is 0 Å². The Kier molecular flexibility index (Phi) is 2.41. The summed E-state index contributed by atoms with van der Waals surface area (Å²) in [5.41, 5.74) is 1.68. The normalized spacial score (nSPS) is 13.3. The third kappa shape index (κ3) is 1.98. The molecule has 0 spiro atoms. The second-order valence-corrected chi connectivity index (χ2v) is 3.37. The van der Waals surface area contributed by atoms with Crippen LogP contribution in [0.15, 0.2) is 18.2 Å². The molecule has 4 heteroatoms. The monoisotopic (exact) mass is 205 g/mol. The molecule has 0 saturated carbocycles. The van der Waals surface area contributed by atoms with E-state index in [9.17, 15) is 9.59 Å². The molecule has 1 aliphatic heterocycles. The van der Waals surface area contributed by atoms with Gasteiger partial charge < -0.3 is 10.1 Å². The van der Waals surface area contributed by atoms with Crippen molar-refractivity contribution in [3.8, 4) is 5.75 Å². The SMILES string of the molecule is CCC(=O)Oc1ccc2c(c1)CC(=O)N2.